The molecule has 2 aromatic carbocycles. The minimum absolute atomic E-state index is 0.161. The predicted octanol–water partition coefficient (Wildman–Crippen LogP) is 3.45. The first-order valence-electron chi connectivity index (χ1n) is 11.4. The minimum Gasteiger partial charge on any atom is -0.368 e. The zero-order valence-electron chi connectivity index (χ0n) is 18.9. The van der Waals surface area contributed by atoms with E-state index in [0.29, 0.717) is 31.9 Å². The summed E-state index contributed by atoms with van der Waals surface area (Å²) < 4.78 is 103. The molecule has 1 amide bonds. The van der Waals surface area contributed by atoms with Crippen LogP contribution >= 0.6 is 0 Å². The molecule has 36 heavy (non-hydrogen) atoms. The number of alkyl halides is 1. The van der Waals surface area contributed by atoms with Crippen LogP contribution in [-0.4, -0.2) is 56.6 Å². The van der Waals surface area contributed by atoms with Crippen molar-refractivity contribution in [2.45, 2.75) is 43.9 Å². The van der Waals surface area contributed by atoms with E-state index in [1.54, 1.807) is 0 Å². The number of benzene rings is 2. The first kappa shape index (κ1) is 25.1. The number of nitrogens with one attached hydrogen (secondary N) is 1. The number of ether oxygens (including phenoxy) is 1. The second kappa shape index (κ2) is 9.07. The Labute approximate surface area is 204 Å². The van der Waals surface area contributed by atoms with Gasteiger partial charge in [0.25, 0.3) is 5.91 Å². The number of carbonyl (C=O) groups is 1. The van der Waals surface area contributed by atoms with Gasteiger partial charge in [0, 0.05) is 36.1 Å². The molecule has 0 bridgehead atoms. The largest absolute Gasteiger partial charge is 0.368 e. The Morgan fingerprint density at radius 3 is 2.25 bits per heavy atom. The van der Waals surface area contributed by atoms with Gasteiger partial charge in [0.15, 0.2) is 0 Å². The summed E-state index contributed by atoms with van der Waals surface area (Å²) in [4.78, 5) is 14.5. The maximum Gasteiger partial charge on any atom is 0.252 e. The van der Waals surface area contributed by atoms with Crippen LogP contribution in [0.5, 0.6) is 0 Å². The van der Waals surface area contributed by atoms with Crippen molar-refractivity contribution < 1.29 is 39.9 Å². The molecule has 194 valence electrons. The van der Waals surface area contributed by atoms with Crippen LogP contribution in [0.2, 0.25) is 0 Å². The fraction of sp³-hybridized carbons (Fsp3) is 0.458. The number of carbonyl (C=O) groups excluding carboxylic acids is 1. The van der Waals surface area contributed by atoms with E-state index in [1.165, 1.54) is 4.90 Å². The number of hydrogen-bond donors (Lipinski definition) is 1. The number of likely N-dealkylation sites (tertiary alicyclic amines) is 1. The normalized spacial score (nSPS) is 24.7. The van der Waals surface area contributed by atoms with Crippen molar-refractivity contribution >= 4 is 15.9 Å². The lowest BCUT2D eigenvalue weighted by Crippen LogP contribution is -2.53. The lowest BCUT2D eigenvalue weighted by Gasteiger charge is -2.34. The molecule has 2 saturated heterocycles. The van der Waals surface area contributed by atoms with Gasteiger partial charge in [-0.25, -0.2) is 35.1 Å². The van der Waals surface area contributed by atoms with E-state index >= 15 is 4.39 Å². The second-order valence-corrected chi connectivity index (χ2v) is 11.3. The van der Waals surface area contributed by atoms with Crippen molar-refractivity contribution in [1.82, 2.24) is 9.62 Å². The van der Waals surface area contributed by atoms with E-state index in [0.717, 1.165) is 24.3 Å². The van der Waals surface area contributed by atoms with Crippen LogP contribution in [0.25, 0.3) is 11.1 Å². The van der Waals surface area contributed by atoms with Gasteiger partial charge in [0.05, 0.1) is 12.6 Å². The van der Waals surface area contributed by atoms with Gasteiger partial charge < -0.3 is 9.64 Å². The van der Waals surface area contributed by atoms with Crippen molar-refractivity contribution in [3.8, 4) is 11.1 Å². The fourth-order valence-corrected chi connectivity index (χ4v) is 6.08. The summed E-state index contributed by atoms with van der Waals surface area (Å²) in [6, 6.07) is 0.467. The Hall–Kier alpha value is -2.57. The highest BCUT2D eigenvalue weighted by Gasteiger charge is 2.62. The lowest BCUT2D eigenvalue weighted by atomic mass is 9.91. The van der Waals surface area contributed by atoms with E-state index in [4.69, 9.17) is 4.74 Å². The summed E-state index contributed by atoms with van der Waals surface area (Å²) in [6.45, 7) is 0.554. The van der Waals surface area contributed by atoms with Gasteiger partial charge in [-0.05, 0) is 54.7 Å². The Kier molecular flexibility index (Phi) is 6.32. The Bertz CT molecular complexity index is 1290. The number of hydrogen-bond acceptors (Lipinski definition) is 4. The van der Waals surface area contributed by atoms with Gasteiger partial charge in [-0.3, -0.25) is 4.79 Å². The van der Waals surface area contributed by atoms with Crippen LogP contribution in [0.3, 0.4) is 0 Å². The molecule has 2 aromatic rings. The maximum atomic E-state index is 15.6. The molecule has 1 aliphatic carbocycles. The van der Waals surface area contributed by atoms with E-state index in [9.17, 15) is 30.8 Å². The number of amides is 1. The van der Waals surface area contributed by atoms with Gasteiger partial charge in [-0.2, -0.15) is 0 Å². The highest BCUT2D eigenvalue weighted by molar-refractivity contribution is 7.89. The standard InChI is InChI=1S/C24H23F5N2O4S/c25-12-36(33,34)30-22-19(31(11-24(22)2-3-24)23(32)20-1-4-35-20)8-14-7-17(28)10-18(21(14)29)13-5-15(26)9-16(27)6-13/h5-7,9-10,19-20,22,30H,1-4,8,11-12H2/t19-,20?,22+/m0/s1. The number of nitrogens with zero attached hydrogens (tertiary/aromatic N) is 1. The highest BCUT2D eigenvalue weighted by atomic mass is 32.2. The molecule has 1 unspecified atom stereocenters. The fourth-order valence-electron chi connectivity index (χ4n) is 5.22. The van der Waals surface area contributed by atoms with Crippen LogP contribution in [-0.2, 0) is 26.0 Å². The minimum atomic E-state index is -4.34. The number of rotatable bonds is 7. The monoisotopic (exact) mass is 530 g/mol. The maximum absolute atomic E-state index is 15.6. The van der Waals surface area contributed by atoms with E-state index in [-0.39, 0.29) is 29.7 Å². The molecular weight excluding hydrogens is 507 g/mol. The van der Waals surface area contributed by atoms with Gasteiger partial charge in [-0.1, -0.05) is 0 Å². The average molecular weight is 531 g/mol. The molecule has 1 N–H and O–H groups in total. The zero-order valence-corrected chi connectivity index (χ0v) is 19.8. The Balaban J connectivity index is 1.55. The quantitative estimate of drug-likeness (QED) is 0.557. The molecule has 0 radical (unpaired) electrons. The van der Waals surface area contributed by atoms with Crippen molar-refractivity contribution in [2.24, 2.45) is 5.41 Å². The summed E-state index contributed by atoms with van der Waals surface area (Å²) in [5.74, 6) is -4.19. The first-order chi connectivity index (χ1) is 17.0. The van der Waals surface area contributed by atoms with Crippen LogP contribution < -0.4 is 4.72 Å². The van der Waals surface area contributed by atoms with Crippen molar-refractivity contribution in [3.05, 3.63) is 59.2 Å². The molecule has 2 aliphatic heterocycles. The van der Waals surface area contributed by atoms with Crippen LogP contribution in [0, 0.1) is 28.7 Å². The molecular formula is C24H23F5N2O4S. The summed E-state index contributed by atoms with van der Waals surface area (Å²) in [7, 11) is -4.34. The van der Waals surface area contributed by atoms with Gasteiger partial charge in [-0.15, -0.1) is 0 Å². The summed E-state index contributed by atoms with van der Waals surface area (Å²) in [5, 5.41) is 0. The number of halogens is 5. The molecule has 3 atom stereocenters. The lowest BCUT2D eigenvalue weighted by molar-refractivity contribution is -0.157. The summed E-state index contributed by atoms with van der Waals surface area (Å²) >= 11 is 0. The average Bonchev–Trinajstić information content (AvgIpc) is 3.49. The molecule has 3 fully saturated rings. The van der Waals surface area contributed by atoms with Gasteiger partial charge >= 0.3 is 0 Å². The highest BCUT2D eigenvalue weighted by Crippen LogP contribution is 2.56. The van der Waals surface area contributed by atoms with Crippen molar-refractivity contribution in [1.29, 1.82) is 0 Å². The predicted molar refractivity (Wildman–Crippen MR) is 119 cm³/mol. The number of sulfonamides is 1. The summed E-state index contributed by atoms with van der Waals surface area (Å²) in [6.07, 6.45) is 0.575. The third kappa shape index (κ3) is 4.61. The molecule has 0 aromatic heterocycles. The molecule has 12 heteroatoms. The summed E-state index contributed by atoms with van der Waals surface area (Å²) in [5.41, 5.74) is -1.47. The van der Waals surface area contributed by atoms with Crippen LogP contribution in [0.1, 0.15) is 24.8 Å². The Morgan fingerprint density at radius 1 is 1.06 bits per heavy atom. The molecule has 5 rings (SSSR count). The molecule has 3 aliphatic rings. The molecule has 6 nitrogen and oxygen atoms in total. The van der Waals surface area contributed by atoms with Crippen LogP contribution in [0.4, 0.5) is 22.0 Å². The third-order valence-electron chi connectivity index (χ3n) is 7.25. The van der Waals surface area contributed by atoms with E-state index in [1.807, 2.05) is 0 Å². The zero-order chi connectivity index (χ0) is 25.8. The van der Waals surface area contributed by atoms with Gasteiger partial charge in [0.2, 0.25) is 16.0 Å². The molecule has 1 saturated carbocycles. The van der Waals surface area contributed by atoms with Crippen LogP contribution in [0.15, 0.2) is 30.3 Å². The van der Waals surface area contributed by atoms with E-state index in [2.05, 4.69) is 4.72 Å². The second-order valence-electron chi connectivity index (χ2n) is 9.65. The molecule has 2 heterocycles. The molecule has 1 spiro atoms. The first-order valence-corrected chi connectivity index (χ1v) is 13.1. The van der Waals surface area contributed by atoms with Crippen molar-refractivity contribution in [2.75, 3.05) is 19.2 Å². The van der Waals surface area contributed by atoms with E-state index < -0.39 is 68.8 Å². The smallest absolute Gasteiger partial charge is 0.252 e. The SMILES string of the molecule is O=C(C1CCO1)N1CC2(CC2)[C@H](NS(=O)(=O)CF)[C@@H]1Cc1cc(F)cc(-c2cc(F)cc(F)c2)c1F. The third-order valence-corrected chi connectivity index (χ3v) is 8.15. The van der Waals surface area contributed by atoms with Crippen molar-refractivity contribution in [3.63, 3.8) is 0 Å². The topological polar surface area (TPSA) is 75.7 Å². The van der Waals surface area contributed by atoms with Gasteiger partial charge in [0.1, 0.15) is 29.4 Å². The Morgan fingerprint density at radius 2 is 1.69 bits per heavy atom.